The Hall–Kier alpha value is -0.0500. The van der Waals surface area contributed by atoms with Gasteiger partial charge < -0.3 is 5.32 Å². The van der Waals surface area contributed by atoms with E-state index in [1.54, 1.807) is 0 Å². The summed E-state index contributed by atoms with van der Waals surface area (Å²) in [4.78, 5) is 11.3. The highest BCUT2D eigenvalue weighted by atomic mass is 79.9. The molecule has 1 amide bonds. The zero-order chi connectivity index (χ0) is 8.48. The van der Waals surface area contributed by atoms with Crippen molar-refractivity contribution in [1.82, 2.24) is 5.32 Å². The van der Waals surface area contributed by atoms with E-state index in [-0.39, 0.29) is 5.91 Å². The molecule has 0 atom stereocenters. The maximum Gasteiger partial charge on any atom is 0.236 e. The predicted molar refractivity (Wildman–Crippen MR) is 48.8 cm³/mol. The smallest absolute Gasteiger partial charge is 0.236 e. The normalized spacial score (nSPS) is 19.2. The van der Waals surface area contributed by atoms with Gasteiger partial charge in [-0.15, -0.1) is 0 Å². The second-order valence-electron chi connectivity index (χ2n) is 3.57. The first-order valence-electron chi connectivity index (χ1n) is 4.00. The Labute approximate surface area is 75.9 Å². The molecule has 11 heavy (non-hydrogen) atoms. The van der Waals surface area contributed by atoms with Crippen molar-refractivity contribution >= 4 is 21.8 Å². The third-order valence-electron chi connectivity index (χ3n) is 1.98. The standard InChI is InChI=1S/C8H14BrNO/c1-8(2,9)7(11)10-6-4-3-5-6/h6H,3-5H2,1-2H3,(H,10,11). The van der Waals surface area contributed by atoms with Crippen LogP contribution in [0, 0.1) is 0 Å². The second-order valence-corrected chi connectivity index (χ2v) is 5.56. The van der Waals surface area contributed by atoms with Crippen molar-refractivity contribution in [3.63, 3.8) is 0 Å². The summed E-state index contributed by atoms with van der Waals surface area (Å²) in [6.45, 7) is 3.72. The van der Waals surface area contributed by atoms with Crippen molar-refractivity contribution in [2.45, 2.75) is 43.5 Å². The molecule has 0 saturated heterocycles. The van der Waals surface area contributed by atoms with Crippen LogP contribution in [0.2, 0.25) is 0 Å². The molecular formula is C8H14BrNO. The predicted octanol–water partition coefficient (Wildman–Crippen LogP) is 1.83. The van der Waals surface area contributed by atoms with Crippen molar-refractivity contribution in [1.29, 1.82) is 0 Å². The van der Waals surface area contributed by atoms with Crippen LogP contribution in [0.1, 0.15) is 33.1 Å². The van der Waals surface area contributed by atoms with Crippen molar-refractivity contribution in [3.05, 3.63) is 0 Å². The van der Waals surface area contributed by atoms with Gasteiger partial charge in [0.1, 0.15) is 0 Å². The molecular weight excluding hydrogens is 206 g/mol. The summed E-state index contributed by atoms with van der Waals surface area (Å²) in [5.74, 6) is 0.0993. The number of hydrogen-bond acceptors (Lipinski definition) is 1. The summed E-state index contributed by atoms with van der Waals surface area (Å²) in [6, 6.07) is 0.444. The fourth-order valence-corrected chi connectivity index (χ4v) is 1.02. The van der Waals surface area contributed by atoms with Crippen molar-refractivity contribution < 1.29 is 4.79 Å². The Morgan fingerprint density at radius 1 is 1.55 bits per heavy atom. The average molecular weight is 220 g/mol. The SMILES string of the molecule is CC(C)(Br)C(=O)NC1CCC1. The van der Waals surface area contributed by atoms with E-state index in [1.165, 1.54) is 6.42 Å². The first-order chi connectivity index (χ1) is 5.00. The van der Waals surface area contributed by atoms with E-state index in [1.807, 2.05) is 13.8 Å². The molecule has 0 unspecified atom stereocenters. The quantitative estimate of drug-likeness (QED) is 0.706. The number of carbonyl (C=O) groups excluding carboxylic acids is 1. The van der Waals surface area contributed by atoms with Crippen LogP contribution in [0.25, 0.3) is 0 Å². The Balaban J connectivity index is 2.30. The third-order valence-corrected chi connectivity index (χ3v) is 2.34. The van der Waals surface area contributed by atoms with Gasteiger partial charge in [0.05, 0.1) is 4.32 Å². The Morgan fingerprint density at radius 2 is 2.09 bits per heavy atom. The van der Waals surface area contributed by atoms with E-state index >= 15 is 0 Å². The van der Waals surface area contributed by atoms with Crippen LogP contribution in [0.5, 0.6) is 0 Å². The molecule has 0 aromatic rings. The summed E-state index contributed by atoms with van der Waals surface area (Å²) in [6.07, 6.45) is 3.55. The second kappa shape index (κ2) is 3.13. The molecule has 1 saturated carbocycles. The molecule has 0 bridgehead atoms. The molecule has 0 heterocycles. The lowest BCUT2D eigenvalue weighted by Crippen LogP contribution is -2.46. The zero-order valence-electron chi connectivity index (χ0n) is 6.98. The minimum absolute atomic E-state index is 0.0993. The number of hydrogen-bond donors (Lipinski definition) is 1. The van der Waals surface area contributed by atoms with E-state index < -0.39 is 4.32 Å². The molecule has 2 nitrogen and oxygen atoms in total. The highest BCUT2D eigenvalue weighted by Gasteiger charge is 2.27. The van der Waals surface area contributed by atoms with Crippen LogP contribution in [-0.2, 0) is 4.79 Å². The Morgan fingerprint density at radius 3 is 2.36 bits per heavy atom. The van der Waals surface area contributed by atoms with Gasteiger partial charge >= 0.3 is 0 Å². The molecule has 0 spiro atoms. The lowest BCUT2D eigenvalue weighted by molar-refractivity contribution is -0.123. The van der Waals surface area contributed by atoms with Gasteiger partial charge in [-0.25, -0.2) is 0 Å². The van der Waals surface area contributed by atoms with Gasteiger partial charge in [0.25, 0.3) is 0 Å². The summed E-state index contributed by atoms with van der Waals surface area (Å²) < 4.78 is -0.414. The minimum atomic E-state index is -0.414. The number of nitrogens with one attached hydrogen (secondary N) is 1. The fourth-order valence-electron chi connectivity index (χ4n) is 0.910. The molecule has 64 valence electrons. The van der Waals surface area contributed by atoms with Crippen LogP contribution in [0.15, 0.2) is 0 Å². The molecule has 1 N–H and O–H groups in total. The maximum atomic E-state index is 11.3. The maximum absolute atomic E-state index is 11.3. The van der Waals surface area contributed by atoms with Crippen molar-refractivity contribution in [2.24, 2.45) is 0 Å². The monoisotopic (exact) mass is 219 g/mol. The molecule has 0 aliphatic heterocycles. The Bertz CT molecular complexity index is 158. The zero-order valence-corrected chi connectivity index (χ0v) is 8.57. The summed E-state index contributed by atoms with van der Waals surface area (Å²) in [7, 11) is 0. The molecule has 0 aromatic heterocycles. The molecule has 3 heteroatoms. The molecule has 1 aliphatic carbocycles. The number of rotatable bonds is 2. The highest BCUT2D eigenvalue weighted by molar-refractivity contribution is 9.10. The van der Waals surface area contributed by atoms with Gasteiger partial charge in [0.15, 0.2) is 0 Å². The van der Waals surface area contributed by atoms with Crippen molar-refractivity contribution in [3.8, 4) is 0 Å². The summed E-state index contributed by atoms with van der Waals surface area (Å²) in [5.41, 5.74) is 0. The lowest BCUT2D eigenvalue weighted by Gasteiger charge is -2.29. The molecule has 0 aromatic carbocycles. The number of alkyl halides is 1. The summed E-state index contributed by atoms with van der Waals surface area (Å²) in [5, 5.41) is 2.97. The van der Waals surface area contributed by atoms with E-state index in [4.69, 9.17) is 0 Å². The van der Waals surface area contributed by atoms with E-state index in [9.17, 15) is 4.79 Å². The van der Waals surface area contributed by atoms with Gasteiger partial charge in [-0.2, -0.15) is 0 Å². The van der Waals surface area contributed by atoms with Gasteiger partial charge in [-0.1, -0.05) is 15.9 Å². The van der Waals surface area contributed by atoms with Gasteiger partial charge in [0, 0.05) is 6.04 Å². The number of halogens is 1. The molecule has 1 aliphatic rings. The molecule has 1 rings (SSSR count). The Kier molecular flexibility index (Phi) is 2.58. The van der Waals surface area contributed by atoms with Crippen LogP contribution in [0.3, 0.4) is 0 Å². The lowest BCUT2D eigenvalue weighted by atomic mass is 9.93. The summed E-state index contributed by atoms with van der Waals surface area (Å²) >= 11 is 3.31. The minimum Gasteiger partial charge on any atom is -0.352 e. The van der Waals surface area contributed by atoms with Crippen molar-refractivity contribution in [2.75, 3.05) is 0 Å². The molecule has 1 fully saturated rings. The fraction of sp³-hybridized carbons (Fsp3) is 0.875. The average Bonchev–Trinajstić information content (AvgIpc) is 1.75. The highest BCUT2D eigenvalue weighted by Crippen LogP contribution is 2.21. The number of amides is 1. The first-order valence-corrected chi connectivity index (χ1v) is 4.79. The largest absolute Gasteiger partial charge is 0.352 e. The number of carbonyl (C=O) groups is 1. The van der Waals surface area contributed by atoms with Gasteiger partial charge in [0.2, 0.25) is 5.91 Å². The van der Waals surface area contributed by atoms with Crippen LogP contribution >= 0.6 is 15.9 Å². The van der Waals surface area contributed by atoms with E-state index in [0.717, 1.165) is 12.8 Å². The van der Waals surface area contributed by atoms with Crippen LogP contribution in [0.4, 0.5) is 0 Å². The third kappa shape index (κ3) is 2.47. The van der Waals surface area contributed by atoms with Gasteiger partial charge in [-0.05, 0) is 33.1 Å². The molecule has 0 radical (unpaired) electrons. The van der Waals surface area contributed by atoms with E-state index in [2.05, 4.69) is 21.2 Å². The van der Waals surface area contributed by atoms with Crippen LogP contribution in [-0.4, -0.2) is 16.3 Å². The van der Waals surface area contributed by atoms with Gasteiger partial charge in [-0.3, -0.25) is 4.79 Å². The van der Waals surface area contributed by atoms with Crippen LogP contribution < -0.4 is 5.32 Å². The van der Waals surface area contributed by atoms with E-state index in [0.29, 0.717) is 6.04 Å². The topological polar surface area (TPSA) is 29.1 Å². The first kappa shape index (κ1) is 9.04.